The summed E-state index contributed by atoms with van der Waals surface area (Å²) in [4.78, 5) is 13.1. The third-order valence-electron chi connectivity index (χ3n) is 5.69. The number of carbonyl (C=O) groups is 1. The van der Waals surface area contributed by atoms with Gasteiger partial charge in [0.25, 0.3) is 5.91 Å². The smallest absolute Gasteiger partial charge is 0.261 e. The first-order chi connectivity index (χ1) is 15.6. The fourth-order valence-corrected chi connectivity index (χ4v) is 3.88. The molecular weight excluding hydrogens is 396 g/mol. The van der Waals surface area contributed by atoms with E-state index in [4.69, 9.17) is 0 Å². The van der Waals surface area contributed by atoms with E-state index in [2.05, 4.69) is 84.2 Å². The van der Waals surface area contributed by atoms with Gasteiger partial charge in [0.1, 0.15) is 11.4 Å². The number of hydrogen-bond acceptors (Lipinski definition) is 3. The van der Waals surface area contributed by atoms with Crippen molar-refractivity contribution in [3.05, 3.63) is 119 Å². The van der Waals surface area contributed by atoms with Crippen molar-refractivity contribution >= 4 is 23.1 Å². The van der Waals surface area contributed by atoms with Gasteiger partial charge >= 0.3 is 0 Å². The zero-order valence-electron chi connectivity index (χ0n) is 18.0. The molecule has 1 atom stereocenters. The van der Waals surface area contributed by atoms with E-state index in [1.165, 1.54) is 11.1 Å². The Kier molecular flexibility index (Phi) is 5.07. The van der Waals surface area contributed by atoms with Gasteiger partial charge in [-0.3, -0.25) is 4.79 Å². The van der Waals surface area contributed by atoms with Crippen molar-refractivity contribution in [2.24, 2.45) is 0 Å². The highest BCUT2D eigenvalue weighted by atomic mass is 16.1. The molecule has 0 saturated carbocycles. The molecule has 0 spiro atoms. The Morgan fingerprint density at radius 1 is 0.906 bits per heavy atom. The second kappa shape index (κ2) is 8.19. The van der Waals surface area contributed by atoms with Crippen LogP contribution in [0.25, 0.3) is 5.70 Å². The molecule has 0 unspecified atom stereocenters. The Hall–Kier alpha value is -4.12. The molecular formula is C27H24N4O. The summed E-state index contributed by atoms with van der Waals surface area (Å²) < 4.78 is 1.88. The number of carbonyl (C=O) groups excluding carboxylic acids is 1. The minimum absolute atomic E-state index is 0.124. The van der Waals surface area contributed by atoms with Gasteiger partial charge in [0.2, 0.25) is 0 Å². The second-order valence-corrected chi connectivity index (χ2v) is 8.10. The molecule has 0 bridgehead atoms. The summed E-state index contributed by atoms with van der Waals surface area (Å²) in [6.07, 6.45) is 3.79. The van der Waals surface area contributed by atoms with Crippen molar-refractivity contribution in [2.75, 3.05) is 10.6 Å². The molecule has 5 heteroatoms. The van der Waals surface area contributed by atoms with E-state index in [1.807, 2.05) is 35.0 Å². The number of para-hydroxylation sites is 1. The summed E-state index contributed by atoms with van der Waals surface area (Å²) in [5.74, 6) is 0.486. The lowest BCUT2D eigenvalue weighted by atomic mass is 10.00. The first-order valence-electron chi connectivity index (χ1n) is 10.6. The molecule has 4 aromatic rings. The van der Waals surface area contributed by atoms with Crippen LogP contribution in [0.3, 0.4) is 0 Å². The van der Waals surface area contributed by atoms with Crippen molar-refractivity contribution in [3.8, 4) is 0 Å². The number of nitrogens with zero attached hydrogens (tertiary/aromatic N) is 2. The molecule has 1 aliphatic rings. The fourth-order valence-electron chi connectivity index (χ4n) is 3.88. The van der Waals surface area contributed by atoms with E-state index in [-0.39, 0.29) is 11.9 Å². The van der Waals surface area contributed by atoms with Gasteiger partial charge in [0.15, 0.2) is 0 Å². The molecule has 158 valence electrons. The van der Waals surface area contributed by atoms with Crippen LogP contribution in [0.15, 0.2) is 91.1 Å². The van der Waals surface area contributed by atoms with Crippen LogP contribution >= 0.6 is 0 Å². The Morgan fingerprint density at radius 2 is 1.56 bits per heavy atom. The van der Waals surface area contributed by atoms with Gasteiger partial charge in [0.05, 0.1) is 12.2 Å². The number of amides is 1. The molecule has 2 N–H and O–H groups in total. The standard InChI is InChI=1S/C27H24N4O/c1-18-8-12-20(13-9-18)24-16-25(21-14-10-19(2)11-15-21)31-26(30-24)23(17-28-31)27(32)29-22-6-4-3-5-7-22/h3-17,25,30H,1-2H3,(H,29,32)/t25-/m1/s1. The van der Waals surface area contributed by atoms with Crippen molar-refractivity contribution in [2.45, 2.75) is 19.9 Å². The van der Waals surface area contributed by atoms with Crippen LogP contribution in [0.4, 0.5) is 11.5 Å². The summed E-state index contributed by atoms with van der Waals surface area (Å²) in [5, 5.41) is 11.0. The van der Waals surface area contributed by atoms with Crippen LogP contribution in [0.1, 0.15) is 38.7 Å². The molecule has 3 aromatic carbocycles. The van der Waals surface area contributed by atoms with E-state index >= 15 is 0 Å². The number of nitrogens with one attached hydrogen (secondary N) is 2. The van der Waals surface area contributed by atoms with Crippen molar-refractivity contribution in [1.29, 1.82) is 0 Å². The lowest BCUT2D eigenvalue weighted by Crippen LogP contribution is -2.22. The molecule has 5 rings (SSSR count). The van der Waals surface area contributed by atoms with Gasteiger partial charge in [-0.1, -0.05) is 77.9 Å². The van der Waals surface area contributed by atoms with Crippen molar-refractivity contribution in [1.82, 2.24) is 9.78 Å². The Bertz CT molecular complexity index is 1290. The molecule has 0 fully saturated rings. The van der Waals surface area contributed by atoms with Gasteiger partial charge in [0, 0.05) is 11.4 Å². The van der Waals surface area contributed by atoms with Crippen LogP contribution < -0.4 is 10.6 Å². The number of benzene rings is 3. The molecule has 1 amide bonds. The lowest BCUT2D eigenvalue weighted by molar-refractivity contribution is 0.102. The van der Waals surface area contributed by atoms with Crippen LogP contribution in [0, 0.1) is 13.8 Å². The summed E-state index contributed by atoms with van der Waals surface area (Å²) in [7, 11) is 0. The summed E-state index contributed by atoms with van der Waals surface area (Å²) in [6, 6.07) is 26.1. The van der Waals surface area contributed by atoms with Crippen LogP contribution in [-0.4, -0.2) is 15.7 Å². The highest BCUT2D eigenvalue weighted by Gasteiger charge is 2.27. The second-order valence-electron chi connectivity index (χ2n) is 8.10. The number of aryl methyl sites for hydroxylation is 2. The zero-order chi connectivity index (χ0) is 22.1. The summed E-state index contributed by atoms with van der Waals surface area (Å²) >= 11 is 0. The molecule has 0 aliphatic carbocycles. The third-order valence-corrected chi connectivity index (χ3v) is 5.69. The topological polar surface area (TPSA) is 59.0 Å². The first kappa shape index (κ1) is 19.8. The first-order valence-corrected chi connectivity index (χ1v) is 10.6. The van der Waals surface area contributed by atoms with E-state index in [0.717, 1.165) is 22.5 Å². The number of aromatic nitrogens is 2. The maximum atomic E-state index is 13.1. The number of allylic oxidation sites excluding steroid dienone is 1. The van der Waals surface area contributed by atoms with E-state index in [1.54, 1.807) is 6.20 Å². The normalized spacial score (nSPS) is 14.8. The lowest BCUT2D eigenvalue weighted by Gasteiger charge is -2.26. The van der Waals surface area contributed by atoms with Gasteiger partial charge in [-0.05, 0) is 43.2 Å². The predicted molar refractivity (Wildman–Crippen MR) is 129 cm³/mol. The van der Waals surface area contributed by atoms with Crippen LogP contribution in [0.5, 0.6) is 0 Å². The fraction of sp³-hybridized carbons (Fsp3) is 0.111. The van der Waals surface area contributed by atoms with E-state index in [0.29, 0.717) is 11.4 Å². The third kappa shape index (κ3) is 3.81. The largest absolute Gasteiger partial charge is 0.339 e. The maximum Gasteiger partial charge on any atom is 0.261 e. The Balaban J connectivity index is 1.56. The molecule has 2 heterocycles. The highest BCUT2D eigenvalue weighted by molar-refractivity contribution is 6.08. The minimum atomic E-state index is -0.197. The Morgan fingerprint density at radius 3 is 2.25 bits per heavy atom. The van der Waals surface area contributed by atoms with Gasteiger partial charge in [-0.15, -0.1) is 0 Å². The molecule has 0 saturated heterocycles. The molecule has 0 radical (unpaired) electrons. The number of rotatable bonds is 4. The van der Waals surface area contributed by atoms with Crippen LogP contribution in [0.2, 0.25) is 0 Å². The van der Waals surface area contributed by atoms with Gasteiger partial charge < -0.3 is 10.6 Å². The van der Waals surface area contributed by atoms with Crippen molar-refractivity contribution < 1.29 is 4.79 Å². The van der Waals surface area contributed by atoms with Gasteiger partial charge in [-0.2, -0.15) is 5.10 Å². The number of fused-ring (bicyclic) bond motifs is 1. The minimum Gasteiger partial charge on any atom is -0.339 e. The van der Waals surface area contributed by atoms with Crippen LogP contribution in [-0.2, 0) is 0 Å². The Labute approximate surface area is 187 Å². The predicted octanol–water partition coefficient (Wildman–Crippen LogP) is 5.81. The molecule has 5 nitrogen and oxygen atoms in total. The summed E-state index contributed by atoms with van der Waals surface area (Å²) in [6.45, 7) is 4.15. The molecule has 1 aliphatic heterocycles. The quantitative estimate of drug-likeness (QED) is 0.438. The van der Waals surface area contributed by atoms with Gasteiger partial charge in [-0.25, -0.2) is 4.68 Å². The number of hydrogen-bond donors (Lipinski definition) is 2. The monoisotopic (exact) mass is 420 g/mol. The van der Waals surface area contributed by atoms with E-state index < -0.39 is 0 Å². The number of anilines is 2. The van der Waals surface area contributed by atoms with E-state index in [9.17, 15) is 4.79 Å². The average molecular weight is 421 g/mol. The summed E-state index contributed by atoms with van der Waals surface area (Å²) in [5.41, 5.74) is 6.79. The maximum absolute atomic E-state index is 13.1. The average Bonchev–Trinajstić information content (AvgIpc) is 3.24. The molecule has 1 aromatic heterocycles. The highest BCUT2D eigenvalue weighted by Crippen LogP contribution is 2.35. The van der Waals surface area contributed by atoms with Crippen molar-refractivity contribution in [3.63, 3.8) is 0 Å². The SMILES string of the molecule is Cc1ccc(C2=C[C@H](c3ccc(C)cc3)n3ncc(C(=O)Nc4ccccc4)c3N2)cc1. The zero-order valence-corrected chi connectivity index (χ0v) is 18.0. The molecule has 32 heavy (non-hydrogen) atoms.